The van der Waals surface area contributed by atoms with Gasteiger partial charge in [-0.25, -0.2) is 4.98 Å². The van der Waals surface area contributed by atoms with Gasteiger partial charge in [0.25, 0.3) is 0 Å². The number of hydrogen-bond acceptors (Lipinski definition) is 4. The van der Waals surface area contributed by atoms with Gasteiger partial charge in [-0.3, -0.25) is 4.21 Å². The molecule has 19 heavy (non-hydrogen) atoms. The first-order valence-corrected chi connectivity index (χ1v) is 8.43. The molecule has 1 atom stereocenters. The fourth-order valence-corrected chi connectivity index (χ4v) is 3.54. The zero-order chi connectivity index (χ0) is 13.7. The zero-order valence-corrected chi connectivity index (χ0v) is 12.7. The molecule has 2 rings (SSSR count). The minimum atomic E-state index is -0.852. The van der Waals surface area contributed by atoms with Crippen molar-refractivity contribution in [1.82, 2.24) is 4.98 Å². The maximum Gasteiger partial charge on any atom is 0.118 e. The van der Waals surface area contributed by atoms with E-state index in [-0.39, 0.29) is 0 Å². The van der Waals surface area contributed by atoms with Crippen LogP contribution in [-0.4, -0.2) is 22.1 Å². The lowest BCUT2D eigenvalue weighted by atomic mass is 10.2. The standard InChI is InChI=1S/C14H17NO2S2/c1-11-15-13(9-18-11)10-19(16)8-7-12-3-5-14(17-2)6-4-12/h3-6,9H,7-8,10H2,1-2H3/t19-/m1/s1. The van der Waals surface area contributed by atoms with Crippen molar-refractivity contribution in [2.45, 2.75) is 19.1 Å². The van der Waals surface area contributed by atoms with Gasteiger partial charge < -0.3 is 4.74 Å². The molecule has 0 bridgehead atoms. The molecule has 0 unspecified atom stereocenters. The van der Waals surface area contributed by atoms with E-state index in [1.54, 1.807) is 18.4 Å². The van der Waals surface area contributed by atoms with Gasteiger partial charge in [0.15, 0.2) is 0 Å². The minimum absolute atomic E-state index is 0.556. The van der Waals surface area contributed by atoms with Crippen LogP contribution in [0.1, 0.15) is 16.3 Å². The molecule has 1 aromatic heterocycles. The summed E-state index contributed by atoms with van der Waals surface area (Å²) in [6.45, 7) is 1.97. The predicted molar refractivity (Wildman–Crippen MR) is 80.3 cm³/mol. The molecule has 1 aromatic carbocycles. The van der Waals surface area contributed by atoms with Crippen LogP contribution in [0.3, 0.4) is 0 Å². The van der Waals surface area contributed by atoms with Crippen LogP contribution in [0, 0.1) is 6.92 Å². The van der Waals surface area contributed by atoms with Crippen molar-refractivity contribution in [3.05, 3.63) is 45.9 Å². The summed E-state index contributed by atoms with van der Waals surface area (Å²) < 4.78 is 17.1. The first-order valence-electron chi connectivity index (χ1n) is 6.06. The third-order valence-electron chi connectivity index (χ3n) is 2.75. The van der Waals surface area contributed by atoms with E-state index >= 15 is 0 Å². The van der Waals surface area contributed by atoms with E-state index in [0.717, 1.165) is 22.9 Å². The van der Waals surface area contributed by atoms with Gasteiger partial charge in [0, 0.05) is 21.9 Å². The Labute approximate surface area is 120 Å². The lowest BCUT2D eigenvalue weighted by molar-refractivity contribution is 0.414. The monoisotopic (exact) mass is 295 g/mol. The van der Waals surface area contributed by atoms with Gasteiger partial charge in [-0.1, -0.05) is 12.1 Å². The van der Waals surface area contributed by atoms with E-state index in [9.17, 15) is 4.21 Å². The van der Waals surface area contributed by atoms with E-state index in [0.29, 0.717) is 11.5 Å². The number of benzene rings is 1. The van der Waals surface area contributed by atoms with Gasteiger partial charge >= 0.3 is 0 Å². The molecule has 0 aliphatic heterocycles. The highest BCUT2D eigenvalue weighted by Crippen LogP contribution is 2.13. The number of methoxy groups -OCH3 is 1. The maximum absolute atomic E-state index is 12.0. The number of aromatic nitrogens is 1. The van der Waals surface area contributed by atoms with Crippen molar-refractivity contribution in [2.24, 2.45) is 0 Å². The highest BCUT2D eigenvalue weighted by atomic mass is 32.2. The molecule has 0 aliphatic rings. The summed E-state index contributed by atoms with van der Waals surface area (Å²) in [6, 6.07) is 7.90. The Morgan fingerprint density at radius 1 is 1.32 bits per heavy atom. The Morgan fingerprint density at radius 3 is 2.63 bits per heavy atom. The fraction of sp³-hybridized carbons (Fsp3) is 0.357. The Morgan fingerprint density at radius 2 is 2.05 bits per heavy atom. The van der Waals surface area contributed by atoms with Crippen LogP contribution in [0.4, 0.5) is 0 Å². The van der Waals surface area contributed by atoms with Crippen molar-refractivity contribution in [3.8, 4) is 5.75 Å². The summed E-state index contributed by atoms with van der Waals surface area (Å²) in [5.41, 5.74) is 2.12. The molecular formula is C14H17NO2S2. The first-order chi connectivity index (χ1) is 9.17. The van der Waals surface area contributed by atoms with Gasteiger partial charge in [0.05, 0.1) is 23.6 Å². The molecule has 1 heterocycles. The SMILES string of the molecule is COc1ccc(CC[S@@](=O)Cc2csc(C)n2)cc1. The van der Waals surface area contributed by atoms with Crippen LogP contribution < -0.4 is 4.74 Å². The number of hydrogen-bond donors (Lipinski definition) is 0. The van der Waals surface area contributed by atoms with Gasteiger partial charge in [-0.05, 0) is 31.0 Å². The molecule has 102 valence electrons. The second kappa shape index (κ2) is 6.82. The van der Waals surface area contributed by atoms with Gasteiger partial charge in [0.2, 0.25) is 0 Å². The van der Waals surface area contributed by atoms with Crippen LogP contribution in [-0.2, 0) is 23.0 Å². The summed E-state index contributed by atoms with van der Waals surface area (Å²) >= 11 is 1.61. The summed E-state index contributed by atoms with van der Waals surface area (Å²) in [5.74, 6) is 2.08. The molecule has 0 fully saturated rings. The van der Waals surface area contributed by atoms with Crippen molar-refractivity contribution in [2.75, 3.05) is 12.9 Å². The maximum atomic E-state index is 12.0. The second-order valence-electron chi connectivity index (χ2n) is 4.24. The summed E-state index contributed by atoms with van der Waals surface area (Å²) in [4.78, 5) is 4.34. The van der Waals surface area contributed by atoms with Crippen molar-refractivity contribution in [3.63, 3.8) is 0 Å². The van der Waals surface area contributed by atoms with Crippen LogP contribution in [0.5, 0.6) is 5.75 Å². The van der Waals surface area contributed by atoms with Gasteiger partial charge in [0.1, 0.15) is 5.75 Å². The fourth-order valence-electron chi connectivity index (χ4n) is 1.74. The molecule has 0 N–H and O–H groups in total. The number of aryl methyl sites for hydroxylation is 2. The second-order valence-corrected chi connectivity index (χ2v) is 6.88. The third-order valence-corrected chi connectivity index (χ3v) is 4.85. The number of rotatable bonds is 6. The average Bonchev–Trinajstić information content (AvgIpc) is 2.82. The molecule has 0 saturated carbocycles. The van der Waals surface area contributed by atoms with Crippen LogP contribution in [0.2, 0.25) is 0 Å². The smallest absolute Gasteiger partial charge is 0.118 e. The Kier molecular flexibility index (Phi) is 5.10. The number of nitrogens with zero attached hydrogens (tertiary/aromatic N) is 1. The molecule has 3 nitrogen and oxygen atoms in total. The highest BCUT2D eigenvalue weighted by molar-refractivity contribution is 7.84. The van der Waals surface area contributed by atoms with E-state index in [2.05, 4.69) is 4.98 Å². The Bertz CT molecular complexity index is 549. The molecule has 0 radical (unpaired) electrons. The van der Waals surface area contributed by atoms with Crippen molar-refractivity contribution >= 4 is 22.1 Å². The summed E-state index contributed by atoms with van der Waals surface area (Å²) in [7, 11) is 0.800. The lowest BCUT2D eigenvalue weighted by Gasteiger charge is -2.03. The molecule has 0 saturated heterocycles. The van der Waals surface area contributed by atoms with E-state index in [1.165, 1.54) is 5.56 Å². The Balaban J connectivity index is 1.82. The molecule has 0 aliphatic carbocycles. The van der Waals surface area contributed by atoms with Crippen LogP contribution in [0.25, 0.3) is 0 Å². The molecule has 5 heteroatoms. The van der Waals surface area contributed by atoms with Crippen LogP contribution in [0.15, 0.2) is 29.6 Å². The number of ether oxygens (including phenoxy) is 1. The largest absolute Gasteiger partial charge is 0.497 e. The van der Waals surface area contributed by atoms with E-state index < -0.39 is 10.8 Å². The van der Waals surface area contributed by atoms with Gasteiger partial charge in [-0.2, -0.15) is 0 Å². The molecule has 0 amide bonds. The zero-order valence-electron chi connectivity index (χ0n) is 11.1. The first kappa shape index (κ1) is 14.2. The minimum Gasteiger partial charge on any atom is -0.497 e. The van der Waals surface area contributed by atoms with Gasteiger partial charge in [-0.15, -0.1) is 11.3 Å². The predicted octanol–water partition coefficient (Wildman–Crippen LogP) is 2.95. The quantitative estimate of drug-likeness (QED) is 0.822. The summed E-state index contributed by atoms with van der Waals surface area (Å²) in [5, 5.41) is 3.02. The third kappa shape index (κ3) is 4.44. The van der Waals surface area contributed by atoms with Crippen LogP contribution >= 0.6 is 11.3 Å². The average molecular weight is 295 g/mol. The highest BCUT2D eigenvalue weighted by Gasteiger charge is 2.05. The molecule has 0 spiro atoms. The normalized spacial score (nSPS) is 12.3. The number of thiazole rings is 1. The molecule has 2 aromatic rings. The van der Waals surface area contributed by atoms with Crippen molar-refractivity contribution < 1.29 is 8.95 Å². The lowest BCUT2D eigenvalue weighted by Crippen LogP contribution is -2.04. The topological polar surface area (TPSA) is 39.2 Å². The van der Waals surface area contributed by atoms with Crippen molar-refractivity contribution in [1.29, 1.82) is 0 Å². The summed E-state index contributed by atoms with van der Waals surface area (Å²) in [6.07, 6.45) is 0.819. The van der Waals surface area contributed by atoms with E-state index in [1.807, 2.05) is 36.6 Å². The Hall–Kier alpha value is -1.20. The molecular weight excluding hydrogens is 278 g/mol. The van der Waals surface area contributed by atoms with E-state index in [4.69, 9.17) is 4.74 Å².